The van der Waals surface area contributed by atoms with Crippen LogP contribution in [0.3, 0.4) is 0 Å². The number of para-hydroxylation sites is 1. The third kappa shape index (κ3) is 7.43. The summed E-state index contributed by atoms with van der Waals surface area (Å²) in [6.07, 6.45) is 3.28. The molecular weight excluding hydrogens is 408 g/mol. The van der Waals surface area contributed by atoms with Crippen LogP contribution in [0.25, 0.3) is 0 Å². The zero-order chi connectivity index (χ0) is 21.8. The molecule has 8 nitrogen and oxygen atoms in total. The molecule has 2 aromatic rings. The molecule has 0 fully saturated rings. The van der Waals surface area contributed by atoms with Gasteiger partial charge in [0.2, 0.25) is 0 Å². The van der Waals surface area contributed by atoms with Gasteiger partial charge in [-0.3, -0.25) is 15.3 Å². The molecule has 0 aliphatic carbocycles. The quantitative estimate of drug-likeness (QED) is 0.196. The lowest BCUT2D eigenvalue weighted by molar-refractivity contribution is -0.124. The molecule has 0 saturated carbocycles. The van der Waals surface area contributed by atoms with Gasteiger partial charge in [0.15, 0.2) is 0 Å². The summed E-state index contributed by atoms with van der Waals surface area (Å²) in [5.41, 5.74) is 2.66. The van der Waals surface area contributed by atoms with E-state index in [0.29, 0.717) is 17.0 Å². The first kappa shape index (κ1) is 23.3. The Morgan fingerprint density at radius 3 is 2.57 bits per heavy atom. The number of benzene rings is 2. The molecule has 30 heavy (non-hydrogen) atoms. The van der Waals surface area contributed by atoms with Gasteiger partial charge in [-0.15, -0.1) is 11.8 Å². The standard InChI is InChI=1S/C21H24N2O6S/c1-30-16-11-9-15(10-12-16)22-21(26)29-19(7-4-8-20(25)23-27)17-5-2-3-6-18(17)28-14-13-24/h2-6,8-12,19,24,27H,7,13-14H2,1H3,(H,22,26)(H,23,25)/b8-4+/t19-/m0/s1. The van der Waals surface area contributed by atoms with E-state index in [4.69, 9.17) is 19.8 Å². The van der Waals surface area contributed by atoms with Crippen LogP contribution in [-0.2, 0) is 9.53 Å². The predicted octanol–water partition coefficient (Wildman–Crippen LogP) is 3.52. The van der Waals surface area contributed by atoms with Crippen molar-refractivity contribution >= 4 is 29.4 Å². The number of carbonyl (C=O) groups is 2. The summed E-state index contributed by atoms with van der Waals surface area (Å²) in [7, 11) is 0. The van der Waals surface area contributed by atoms with Gasteiger partial charge in [-0.2, -0.15) is 0 Å². The van der Waals surface area contributed by atoms with Crippen molar-refractivity contribution in [2.24, 2.45) is 0 Å². The van der Waals surface area contributed by atoms with Gasteiger partial charge in [-0.1, -0.05) is 24.3 Å². The summed E-state index contributed by atoms with van der Waals surface area (Å²) in [6.45, 7) is -0.0799. The highest BCUT2D eigenvalue weighted by Crippen LogP contribution is 2.31. The van der Waals surface area contributed by atoms with Crippen molar-refractivity contribution in [3.8, 4) is 5.75 Å². The molecule has 0 radical (unpaired) electrons. The van der Waals surface area contributed by atoms with Crippen molar-refractivity contribution in [3.63, 3.8) is 0 Å². The van der Waals surface area contributed by atoms with Gasteiger partial charge in [-0.25, -0.2) is 10.3 Å². The molecule has 0 aliphatic heterocycles. The highest BCUT2D eigenvalue weighted by Gasteiger charge is 2.20. The number of rotatable bonds is 10. The number of aliphatic hydroxyl groups excluding tert-OH is 1. The molecule has 0 saturated heterocycles. The number of hydroxylamine groups is 1. The Morgan fingerprint density at radius 2 is 1.90 bits per heavy atom. The lowest BCUT2D eigenvalue weighted by Crippen LogP contribution is -2.18. The monoisotopic (exact) mass is 432 g/mol. The number of thioether (sulfide) groups is 1. The van der Waals surface area contributed by atoms with Crippen LogP contribution in [0.4, 0.5) is 10.5 Å². The average Bonchev–Trinajstić information content (AvgIpc) is 2.77. The van der Waals surface area contributed by atoms with Crippen molar-refractivity contribution in [2.75, 3.05) is 24.8 Å². The van der Waals surface area contributed by atoms with Crippen molar-refractivity contribution in [2.45, 2.75) is 17.4 Å². The predicted molar refractivity (Wildman–Crippen MR) is 114 cm³/mol. The molecule has 1 atom stereocenters. The summed E-state index contributed by atoms with van der Waals surface area (Å²) in [5, 5.41) is 20.3. The van der Waals surface area contributed by atoms with E-state index >= 15 is 0 Å². The van der Waals surface area contributed by atoms with E-state index in [1.165, 1.54) is 11.6 Å². The van der Waals surface area contributed by atoms with E-state index in [0.717, 1.165) is 11.0 Å². The highest BCUT2D eigenvalue weighted by molar-refractivity contribution is 7.98. The minimum absolute atomic E-state index is 0.0838. The maximum atomic E-state index is 12.5. The molecule has 9 heteroatoms. The molecule has 2 rings (SSSR count). The Kier molecular flexibility index (Phi) is 9.72. The molecule has 2 amide bonds. The molecule has 2 aromatic carbocycles. The summed E-state index contributed by atoms with van der Waals surface area (Å²) < 4.78 is 11.1. The number of anilines is 1. The molecule has 0 aromatic heterocycles. The van der Waals surface area contributed by atoms with Crippen molar-refractivity contribution < 1.29 is 29.4 Å². The van der Waals surface area contributed by atoms with Crippen LogP contribution in [0.1, 0.15) is 18.1 Å². The summed E-state index contributed by atoms with van der Waals surface area (Å²) >= 11 is 1.59. The second-order valence-electron chi connectivity index (χ2n) is 5.97. The largest absolute Gasteiger partial charge is 0.491 e. The smallest absolute Gasteiger partial charge is 0.412 e. The van der Waals surface area contributed by atoms with E-state index in [2.05, 4.69) is 5.32 Å². The highest BCUT2D eigenvalue weighted by atomic mass is 32.2. The minimum Gasteiger partial charge on any atom is -0.491 e. The molecular formula is C21H24N2O6S. The maximum absolute atomic E-state index is 12.5. The Labute approximate surface area is 178 Å². The number of hydrogen-bond donors (Lipinski definition) is 4. The van der Waals surface area contributed by atoms with Gasteiger partial charge in [0.25, 0.3) is 5.91 Å². The lowest BCUT2D eigenvalue weighted by Gasteiger charge is -2.20. The van der Waals surface area contributed by atoms with E-state index in [1.807, 2.05) is 18.4 Å². The van der Waals surface area contributed by atoms with Gasteiger partial charge in [0.1, 0.15) is 18.5 Å². The van der Waals surface area contributed by atoms with Crippen LogP contribution in [0, 0.1) is 0 Å². The minimum atomic E-state index is -0.770. The Hall–Kier alpha value is -3.01. The van der Waals surface area contributed by atoms with Crippen LogP contribution in [-0.4, -0.2) is 41.8 Å². The van der Waals surface area contributed by atoms with Gasteiger partial charge in [-0.05, 0) is 36.6 Å². The first-order valence-corrected chi connectivity index (χ1v) is 10.3. The Morgan fingerprint density at radius 1 is 1.17 bits per heavy atom. The number of nitrogens with one attached hydrogen (secondary N) is 2. The fourth-order valence-corrected chi connectivity index (χ4v) is 2.97. The topological polar surface area (TPSA) is 117 Å². The molecule has 0 aliphatic rings. The third-order valence-electron chi connectivity index (χ3n) is 3.93. The average molecular weight is 432 g/mol. The lowest BCUT2D eigenvalue weighted by atomic mass is 10.0. The van der Waals surface area contributed by atoms with Crippen LogP contribution in [0.15, 0.2) is 65.6 Å². The van der Waals surface area contributed by atoms with Crippen molar-refractivity contribution in [1.29, 1.82) is 0 Å². The van der Waals surface area contributed by atoms with Crippen LogP contribution in [0.2, 0.25) is 0 Å². The Bertz CT molecular complexity index is 857. The fraction of sp³-hybridized carbons (Fsp3) is 0.238. The molecule has 0 spiro atoms. The first-order valence-electron chi connectivity index (χ1n) is 9.12. The van der Waals surface area contributed by atoms with E-state index in [-0.39, 0.29) is 19.6 Å². The van der Waals surface area contributed by atoms with Crippen molar-refractivity contribution in [1.82, 2.24) is 5.48 Å². The summed E-state index contributed by atoms with van der Waals surface area (Å²) in [4.78, 5) is 24.8. The fourth-order valence-electron chi connectivity index (χ4n) is 2.56. The zero-order valence-electron chi connectivity index (χ0n) is 16.4. The number of hydrogen-bond acceptors (Lipinski definition) is 7. The molecule has 0 unspecified atom stereocenters. The van der Waals surface area contributed by atoms with Crippen LogP contribution >= 0.6 is 11.8 Å². The second kappa shape index (κ2) is 12.5. The second-order valence-corrected chi connectivity index (χ2v) is 6.85. The third-order valence-corrected chi connectivity index (χ3v) is 4.67. The first-order chi connectivity index (χ1) is 14.6. The summed E-state index contributed by atoms with van der Waals surface area (Å²) in [6, 6.07) is 14.3. The molecule has 0 bridgehead atoms. The van der Waals surface area contributed by atoms with Gasteiger partial charge < -0.3 is 14.6 Å². The molecule has 160 valence electrons. The van der Waals surface area contributed by atoms with Gasteiger partial charge >= 0.3 is 6.09 Å². The van der Waals surface area contributed by atoms with Crippen LogP contribution < -0.4 is 15.5 Å². The zero-order valence-corrected chi connectivity index (χ0v) is 17.2. The van der Waals surface area contributed by atoms with Crippen LogP contribution in [0.5, 0.6) is 5.75 Å². The normalized spacial score (nSPS) is 11.7. The van der Waals surface area contributed by atoms with Crippen molar-refractivity contribution in [3.05, 3.63) is 66.2 Å². The van der Waals surface area contributed by atoms with E-state index in [1.54, 1.807) is 48.2 Å². The summed E-state index contributed by atoms with van der Waals surface area (Å²) in [5.74, 6) is -0.245. The van der Waals surface area contributed by atoms with Gasteiger partial charge in [0, 0.05) is 28.6 Å². The SMILES string of the molecule is CSc1ccc(NC(=O)O[C@@H](C/C=C/C(=O)NO)c2ccccc2OCCO)cc1. The van der Waals surface area contributed by atoms with Gasteiger partial charge in [0.05, 0.1) is 6.61 Å². The number of aliphatic hydroxyl groups is 1. The van der Waals surface area contributed by atoms with E-state index in [9.17, 15) is 9.59 Å². The number of amides is 2. The molecule has 4 N–H and O–H groups in total. The van der Waals surface area contributed by atoms with E-state index < -0.39 is 18.1 Å². The maximum Gasteiger partial charge on any atom is 0.412 e. The molecule has 0 heterocycles. The number of ether oxygens (including phenoxy) is 2. The number of carbonyl (C=O) groups excluding carboxylic acids is 2. The Balaban J connectivity index is 2.17.